The summed E-state index contributed by atoms with van der Waals surface area (Å²) >= 11 is 0. The number of aromatic nitrogens is 4. The van der Waals surface area contributed by atoms with E-state index >= 15 is 0 Å². The highest BCUT2D eigenvalue weighted by atomic mass is 16.1. The Hall–Kier alpha value is -3.15. The van der Waals surface area contributed by atoms with E-state index in [1.807, 2.05) is 59.4 Å². The van der Waals surface area contributed by atoms with Gasteiger partial charge >= 0.3 is 0 Å². The van der Waals surface area contributed by atoms with Crippen molar-refractivity contribution in [1.82, 2.24) is 24.1 Å². The molecule has 0 spiro atoms. The first kappa shape index (κ1) is 15.1. The van der Waals surface area contributed by atoms with Crippen molar-refractivity contribution in [3.8, 4) is 0 Å². The van der Waals surface area contributed by atoms with Gasteiger partial charge in [0.05, 0.1) is 17.2 Å². The number of nitrogens with one attached hydrogen (secondary N) is 1. The number of fused-ring (bicyclic) bond motifs is 2. The largest absolute Gasteiger partial charge is 0.350 e. The maximum atomic E-state index is 12.7. The lowest BCUT2D eigenvalue weighted by Crippen LogP contribution is -2.26. The summed E-state index contributed by atoms with van der Waals surface area (Å²) in [6.07, 6.45) is 8.81. The van der Waals surface area contributed by atoms with Gasteiger partial charge in [-0.25, -0.2) is 9.97 Å². The summed E-state index contributed by atoms with van der Waals surface area (Å²) in [6, 6.07) is 11.9. The fourth-order valence-electron chi connectivity index (χ4n) is 3.41. The lowest BCUT2D eigenvalue weighted by Gasteiger charge is -2.04. The van der Waals surface area contributed by atoms with Crippen molar-refractivity contribution in [3.63, 3.8) is 0 Å². The van der Waals surface area contributed by atoms with Crippen LogP contribution < -0.4 is 5.32 Å². The van der Waals surface area contributed by atoms with Gasteiger partial charge in [-0.15, -0.1) is 0 Å². The smallest absolute Gasteiger partial charge is 0.272 e. The van der Waals surface area contributed by atoms with Gasteiger partial charge < -0.3 is 14.1 Å². The third kappa shape index (κ3) is 2.54. The molecule has 1 aliphatic carbocycles. The van der Waals surface area contributed by atoms with Crippen LogP contribution in [0.25, 0.3) is 11.0 Å². The first-order valence-corrected chi connectivity index (χ1v) is 8.97. The minimum Gasteiger partial charge on any atom is -0.350 e. The van der Waals surface area contributed by atoms with Crippen molar-refractivity contribution in [1.29, 1.82) is 0 Å². The second-order valence-electron chi connectivity index (χ2n) is 6.72. The molecule has 0 aromatic carbocycles. The first-order chi connectivity index (χ1) is 12.8. The summed E-state index contributed by atoms with van der Waals surface area (Å²) in [5.41, 5.74) is 2.45. The average Bonchev–Trinajstić information content (AvgIpc) is 3.32. The summed E-state index contributed by atoms with van der Waals surface area (Å²) in [5, 5.41) is 3.00. The third-order valence-corrected chi connectivity index (χ3v) is 4.88. The Kier molecular flexibility index (Phi) is 3.48. The standard InChI is InChI=1S/C20H19N5O/c26-20(21-10-9-17-22-13-15-5-1-3-11-24(15)17)18-16-6-2-4-12-25(16)19(23-18)14-7-8-14/h1-6,11-14H,7-10H2,(H,21,26). The van der Waals surface area contributed by atoms with Crippen LogP contribution in [0.5, 0.6) is 0 Å². The molecular weight excluding hydrogens is 326 g/mol. The molecule has 0 saturated heterocycles. The molecule has 4 aromatic heterocycles. The highest BCUT2D eigenvalue weighted by Gasteiger charge is 2.30. The van der Waals surface area contributed by atoms with Crippen molar-refractivity contribution in [3.05, 3.63) is 72.3 Å². The molecule has 26 heavy (non-hydrogen) atoms. The Labute approximate surface area is 150 Å². The predicted molar refractivity (Wildman–Crippen MR) is 98.4 cm³/mol. The molecular formula is C20H19N5O. The van der Waals surface area contributed by atoms with Gasteiger partial charge in [0, 0.05) is 31.3 Å². The van der Waals surface area contributed by atoms with Gasteiger partial charge in [-0.1, -0.05) is 12.1 Å². The molecule has 6 nitrogen and oxygen atoms in total. The van der Waals surface area contributed by atoms with Crippen LogP contribution in [-0.2, 0) is 6.42 Å². The predicted octanol–water partition coefficient (Wildman–Crippen LogP) is 2.83. The summed E-state index contributed by atoms with van der Waals surface area (Å²) in [7, 11) is 0. The number of nitrogens with zero attached hydrogens (tertiary/aromatic N) is 4. The van der Waals surface area contributed by atoms with E-state index in [0.29, 0.717) is 24.6 Å². The summed E-state index contributed by atoms with van der Waals surface area (Å²) in [6.45, 7) is 0.525. The van der Waals surface area contributed by atoms with Gasteiger partial charge in [-0.05, 0) is 37.1 Å². The van der Waals surface area contributed by atoms with Gasteiger partial charge in [-0.2, -0.15) is 0 Å². The van der Waals surface area contributed by atoms with Crippen LogP contribution in [0.3, 0.4) is 0 Å². The molecule has 0 atom stereocenters. The van der Waals surface area contributed by atoms with Crippen LogP contribution in [0.2, 0.25) is 0 Å². The molecule has 1 aliphatic rings. The zero-order valence-corrected chi connectivity index (χ0v) is 14.3. The molecule has 5 rings (SSSR count). The van der Waals surface area contributed by atoms with Gasteiger partial charge in [0.15, 0.2) is 5.69 Å². The Morgan fingerprint density at radius 1 is 1.12 bits per heavy atom. The number of carbonyl (C=O) groups excluding carboxylic acids is 1. The zero-order valence-electron chi connectivity index (χ0n) is 14.3. The van der Waals surface area contributed by atoms with Crippen molar-refractivity contribution in [2.45, 2.75) is 25.2 Å². The van der Waals surface area contributed by atoms with Crippen LogP contribution in [-0.4, -0.2) is 31.2 Å². The third-order valence-electron chi connectivity index (χ3n) is 4.88. The second kappa shape index (κ2) is 5.98. The number of carbonyl (C=O) groups is 1. The van der Waals surface area contributed by atoms with Crippen molar-refractivity contribution < 1.29 is 4.79 Å². The van der Waals surface area contributed by atoms with Crippen molar-refractivity contribution in [2.24, 2.45) is 0 Å². The quantitative estimate of drug-likeness (QED) is 0.605. The van der Waals surface area contributed by atoms with Crippen LogP contribution in [0.1, 0.15) is 40.9 Å². The lowest BCUT2D eigenvalue weighted by molar-refractivity contribution is 0.0951. The van der Waals surface area contributed by atoms with Gasteiger partial charge in [0.1, 0.15) is 11.6 Å². The topological polar surface area (TPSA) is 63.7 Å². The molecule has 1 amide bonds. The fourth-order valence-corrected chi connectivity index (χ4v) is 3.41. The molecule has 4 heterocycles. The van der Waals surface area contributed by atoms with Crippen LogP contribution in [0.4, 0.5) is 0 Å². The Balaban J connectivity index is 1.34. The maximum absolute atomic E-state index is 12.7. The monoisotopic (exact) mass is 345 g/mol. The summed E-state index contributed by atoms with van der Waals surface area (Å²) < 4.78 is 4.10. The molecule has 6 heteroatoms. The zero-order chi connectivity index (χ0) is 17.5. The highest BCUT2D eigenvalue weighted by molar-refractivity contribution is 5.99. The normalized spacial score (nSPS) is 14.2. The maximum Gasteiger partial charge on any atom is 0.272 e. The van der Waals surface area contributed by atoms with E-state index in [-0.39, 0.29) is 5.91 Å². The Morgan fingerprint density at radius 3 is 2.77 bits per heavy atom. The summed E-state index contributed by atoms with van der Waals surface area (Å²) in [4.78, 5) is 21.8. The van der Waals surface area contributed by atoms with Crippen LogP contribution >= 0.6 is 0 Å². The number of pyridine rings is 2. The molecule has 4 aromatic rings. The highest BCUT2D eigenvalue weighted by Crippen LogP contribution is 2.39. The minimum atomic E-state index is -0.124. The van der Waals surface area contributed by atoms with E-state index in [1.54, 1.807) is 0 Å². The Bertz CT molecular complexity index is 1110. The van der Waals surface area contributed by atoms with Crippen molar-refractivity contribution >= 4 is 16.9 Å². The number of imidazole rings is 2. The van der Waals surface area contributed by atoms with Crippen LogP contribution in [0, 0.1) is 0 Å². The fraction of sp³-hybridized carbons (Fsp3) is 0.250. The summed E-state index contributed by atoms with van der Waals surface area (Å²) in [5.74, 6) is 2.31. The molecule has 1 saturated carbocycles. The average molecular weight is 345 g/mol. The molecule has 0 unspecified atom stereocenters. The Morgan fingerprint density at radius 2 is 1.92 bits per heavy atom. The number of rotatable bonds is 5. The number of hydrogen-bond acceptors (Lipinski definition) is 3. The lowest BCUT2D eigenvalue weighted by atomic mass is 10.3. The van der Waals surface area contributed by atoms with Crippen LogP contribution in [0.15, 0.2) is 55.0 Å². The van der Waals surface area contributed by atoms with E-state index in [9.17, 15) is 4.79 Å². The SMILES string of the molecule is O=C(NCCc1ncc2ccccn12)c1nc(C2CC2)n2ccccc12. The van der Waals surface area contributed by atoms with E-state index < -0.39 is 0 Å². The van der Waals surface area contributed by atoms with Gasteiger partial charge in [0.25, 0.3) is 5.91 Å². The molecule has 130 valence electrons. The van der Waals surface area contributed by atoms with Gasteiger partial charge in [-0.3, -0.25) is 4.79 Å². The van der Waals surface area contributed by atoms with E-state index in [2.05, 4.69) is 19.7 Å². The molecule has 1 N–H and O–H groups in total. The molecule has 0 aliphatic heterocycles. The number of hydrogen-bond donors (Lipinski definition) is 1. The van der Waals surface area contributed by atoms with Gasteiger partial charge in [0.2, 0.25) is 0 Å². The van der Waals surface area contributed by atoms with E-state index in [4.69, 9.17) is 0 Å². The first-order valence-electron chi connectivity index (χ1n) is 8.97. The molecule has 0 radical (unpaired) electrons. The molecule has 0 bridgehead atoms. The molecule has 1 fully saturated rings. The van der Waals surface area contributed by atoms with E-state index in [0.717, 1.165) is 35.5 Å². The van der Waals surface area contributed by atoms with E-state index in [1.165, 1.54) is 0 Å². The number of amides is 1. The second-order valence-corrected chi connectivity index (χ2v) is 6.72. The van der Waals surface area contributed by atoms with Crippen molar-refractivity contribution in [2.75, 3.05) is 6.54 Å². The minimum absolute atomic E-state index is 0.124.